The first-order valence-corrected chi connectivity index (χ1v) is 9.48. The van der Waals surface area contributed by atoms with Crippen LogP contribution in [0.5, 0.6) is 0 Å². The fourth-order valence-electron chi connectivity index (χ4n) is 4.13. The number of amides is 2. The lowest BCUT2D eigenvalue weighted by molar-refractivity contribution is -0.139. The van der Waals surface area contributed by atoms with E-state index in [0.29, 0.717) is 36.8 Å². The Balaban J connectivity index is 1.64. The van der Waals surface area contributed by atoms with Crippen LogP contribution >= 0.6 is 0 Å². The lowest BCUT2D eigenvalue weighted by atomic mass is 9.94. The van der Waals surface area contributed by atoms with Crippen molar-refractivity contribution in [3.8, 4) is 0 Å². The van der Waals surface area contributed by atoms with E-state index in [2.05, 4.69) is 16.0 Å². The van der Waals surface area contributed by atoms with Gasteiger partial charge in [-0.2, -0.15) is 0 Å². The number of hydrogen-bond donors (Lipinski definition) is 0. The number of carbonyl (C=O) groups is 2. The van der Waals surface area contributed by atoms with Gasteiger partial charge in [-0.15, -0.1) is 0 Å². The number of carbonyl (C=O) groups excluding carboxylic acids is 2. The highest BCUT2D eigenvalue weighted by molar-refractivity contribution is 5.95. The number of imidazole rings is 1. The quantitative estimate of drug-likeness (QED) is 0.779. The third-order valence-corrected chi connectivity index (χ3v) is 5.56. The van der Waals surface area contributed by atoms with Crippen molar-refractivity contribution in [1.82, 2.24) is 24.2 Å². The van der Waals surface area contributed by atoms with Gasteiger partial charge in [-0.05, 0) is 39.7 Å². The molecule has 3 fully saturated rings. The first kappa shape index (κ1) is 17.7. The summed E-state index contributed by atoms with van der Waals surface area (Å²) in [4.78, 5) is 38.7. The van der Waals surface area contributed by atoms with Crippen molar-refractivity contribution in [3.63, 3.8) is 0 Å². The van der Waals surface area contributed by atoms with Crippen LogP contribution in [0.15, 0.2) is 30.1 Å². The van der Waals surface area contributed by atoms with Crippen molar-refractivity contribution in [2.75, 3.05) is 19.6 Å². The molecule has 5 rings (SSSR count). The maximum absolute atomic E-state index is 13.3. The smallest absolute Gasteiger partial charge is 0.272 e. The minimum atomic E-state index is -0.115. The third-order valence-electron chi connectivity index (χ3n) is 5.56. The number of fused-ring (bicyclic) bond motifs is 5. The van der Waals surface area contributed by atoms with Crippen LogP contribution in [-0.2, 0) is 4.79 Å². The fraction of sp³-hybridized carbons (Fsp3) is 0.500. The molecule has 27 heavy (non-hydrogen) atoms. The zero-order chi connectivity index (χ0) is 19.1. The zero-order valence-corrected chi connectivity index (χ0v) is 16.1. The summed E-state index contributed by atoms with van der Waals surface area (Å²) in [6.45, 7) is 7.59. The minimum absolute atomic E-state index is 0.0678. The number of nitrogens with zero attached hydrogens (tertiary/aromatic N) is 5. The van der Waals surface area contributed by atoms with Crippen molar-refractivity contribution in [3.05, 3.63) is 41.5 Å². The van der Waals surface area contributed by atoms with Gasteiger partial charge in [0.15, 0.2) is 0 Å². The second kappa shape index (κ2) is 6.79. The molecular formula is C20H25N5O2. The summed E-state index contributed by atoms with van der Waals surface area (Å²) >= 11 is 0. The van der Waals surface area contributed by atoms with Crippen LogP contribution in [0.3, 0.4) is 0 Å². The molecule has 2 atom stereocenters. The average Bonchev–Trinajstić information content (AvgIpc) is 2.77. The van der Waals surface area contributed by atoms with Gasteiger partial charge in [0.05, 0.1) is 11.6 Å². The van der Waals surface area contributed by atoms with E-state index in [1.54, 1.807) is 16.7 Å². The predicted molar refractivity (Wildman–Crippen MR) is 101 cm³/mol. The highest BCUT2D eigenvalue weighted by Crippen LogP contribution is 2.30. The Morgan fingerprint density at radius 1 is 1.30 bits per heavy atom. The van der Waals surface area contributed by atoms with Crippen molar-refractivity contribution >= 4 is 17.6 Å². The molecule has 2 amide bonds. The van der Waals surface area contributed by atoms with Crippen LogP contribution < -0.4 is 0 Å². The summed E-state index contributed by atoms with van der Waals surface area (Å²) in [5.41, 5.74) is 2.41. The Hall–Kier alpha value is -2.70. The number of hydrogen-bond acceptors (Lipinski definition) is 4. The molecule has 0 N–H and O–H groups in total. The van der Waals surface area contributed by atoms with Crippen LogP contribution in [0, 0.1) is 12.8 Å². The molecule has 7 nitrogen and oxygen atoms in total. The molecular weight excluding hydrogens is 342 g/mol. The molecule has 0 aliphatic carbocycles. The maximum atomic E-state index is 13.3. The molecule has 0 saturated carbocycles. The Morgan fingerprint density at radius 2 is 2.11 bits per heavy atom. The maximum Gasteiger partial charge on any atom is 0.272 e. The SMILES string of the molecule is CC(C)=CCN1C(=O)C2CCC1CN(C(=O)c1c(C)nc3ncccn13)C2. The highest BCUT2D eigenvalue weighted by atomic mass is 16.2. The van der Waals surface area contributed by atoms with Gasteiger partial charge >= 0.3 is 0 Å². The van der Waals surface area contributed by atoms with Crippen molar-refractivity contribution in [2.24, 2.45) is 5.92 Å². The normalized spacial score (nSPS) is 22.3. The number of rotatable bonds is 3. The number of allylic oxidation sites excluding steroid dienone is 1. The lowest BCUT2D eigenvalue weighted by Crippen LogP contribution is -2.48. The van der Waals surface area contributed by atoms with Gasteiger partial charge in [-0.3, -0.25) is 14.0 Å². The molecule has 2 aromatic heterocycles. The minimum Gasteiger partial charge on any atom is -0.334 e. The Labute approximate surface area is 158 Å². The first-order valence-electron chi connectivity index (χ1n) is 9.48. The predicted octanol–water partition coefficient (Wildman–Crippen LogP) is 2.07. The van der Waals surface area contributed by atoms with E-state index in [1.165, 1.54) is 5.57 Å². The van der Waals surface area contributed by atoms with Crippen LogP contribution in [0.4, 0.5) is 0 Å². The monoisotopic (exact) mass is 367 g/mol. The standard InChI is InChI=1S/C20H25N5O2/c1-13(2)7-10-24-16-6-5-15(18(24)26)11-23(12-16)19(27)17-14(3)22-20-21-8-4-9-25(17)20/h4,7-9,15-16H,5-6,10-12H2,1-3H3. The molecule has 0 spiro atoms. The molecule has 0 aromatic carbocycles. The van der Waals surface area contributed by atoms with Gasteiger partial charge in [0.2, 0.25) is 11.7 Å². The molecule has 0 radical (unpaired) electrons. The van der Waals surface area contributed by atoms with Gasteiger partial charge < -0.3 is 9.80 Å². The largest absolute Gasteiger partial charge is 0.334 e. The topological polar surface area (TPSA) is 70.8 Å². The number of aromatic nitrogens is 3. The molecule has 7 heteroatoms. The molecule has 3 aliphatic rings. The third kappa shape index (κ3) is 3.11. The van der Waals surface area contributed by atoms with E-state index < -0.39 is 0 Å². The van der Waals surface area contributed by atoms with Gasteiger partial charge in [0.25, 0.3) is 5.91 Å². The van der Waals surface area contributed by atoms with E-state index in [9.17, 15) is 9.59 Å². The highest BCUT2D eigenvalue weighted by Gasteiger charge is 2.42. The van der Waals surface area contributed by atoms with E-state index in [-0.39, 0.29) is 23.8 Å². The second-order valence-electron chi connectivity index (χ2n) is 7.75. The summed E-state index contributed by atoms with van der Waals surface area (Å²) in [6, 6.07) is 1.87. The zero-order valence-electron chi connectivity index (χ0n) is 16.1. The molecule has 3 aliphatic heterocycles. The summed E-state index contributed by atoms with van der Waals surface area (Å²) in [5, 5.41) is 0. The van der Waals surface area contributed by atoms with Gasteiger partial charge in [-0.25, -0.2) is 9.97 Å². The lowest BCUT2D eigenvalue weighted by Gasteiger charge is -2.35. The Bertz CT molecular complexity index is 928. The molecule has 3 saturated heterocycles. The Kier molecular flexibility index (Phi) is 4.45. The molecule has 142 valence electrons. The van der Waals surface area contributed by atoms with Crippen molar-refractivity contribution < 1.29 is 9.59 Å². The van der Waals surface area contributed by atoms with Gasteiger partial charge in [0.1, 0.15) is 5.69 Å². The van der Waals surface area contributed by atoms with E-state index in [0.717, 1.165) is 12.8 Å². The molecule has 5 heterocycles. The van der Waals surface area contributed by atoms with Gasteiger partial charge in [0, 0.05) is 38.1 Å². The Morgan fingerprint density at radius 3 is 2.89 bits per heavy atom. The van der Waals surface area contributed by atoms with Crippen molar-refractivity contribution in [1.29, 1.82) is 0 Å². The number of piperidine rings is 1. The van der Waals surface area contributed by atoms with Crippen LogP contribution in [0.25, 0.3) is 5.78 Å². The van der Waals surface area contributed by atoms with Crippen LogP contribution in [-0.4, -0.2) is 61.7 Å². The molecule has 2 aromatic rings. The van der Waals surface area contributed by atoms with E-state index in [4.69, 9.17) is 0 Å². The number of aryl methyl sites for hydroxylation is 1. The summed E-state index contributed by atoms with van der Waals surface area (Å²) in [6.07, 6.45) is 7.37. The second-order valence-corrected chi connectivity index (χ2v) is 7.75. The van der Waals surface area contributed by atoms with Crippen LogP contribution in [0.2, 0.25) is 0 Å². The molecule has 2 bridgehead atoms. The van der Waals surface area contributed by atoms with E-state index in [1.807, 2.05) is 36.8 Å². The first-order chi connectivity index (χ1) is 13.0. The molecule has 2 unspecified atom stereocenters. The van der Waals surface area contributed by atoms with Gasteiger partial charge in [-0.1, -0.05) is 11.6 Å². The summed E-state index contributed by atoms with van der Waals surface area (Å²) in [5.74, 6) is 0.519. The van der Waals surface area contributed by atoms with Crippen molar-refractivity contribution in [2.45, 2.75) is 39.7 Å². The fourth-order valence-corrected chi connectivity index (χ4v) is 4.13. The summed E-state index contributed by atoms with van der Waals surface area (Å²) in [7, 11) is 0. The average molecular weight is 367 g/mol. The summed E-state index contributed by atoms with van der Waals surface area (Å²) < 4.78 is 1.74. The van der Waals surface area contributed by atoms with Crippen LogP contribution in [0.1, 0.15) is 42.9 Å². The van der Waals surface area contributed by atoms with E-state index >= 15 is 0 Å².